The van der Waals surface area contributed by atoms with E-state index in [1.807, 2.05) is 56.9 Å². The summed E-state index contributed by atoms with van der Waals surface area (Å²) in [6.45, 7) is 17.5. The van der Waals surface area contributed by atoms with Crippen LogP contribution in [0.3, 0.4) is 0 Å². The van der Waals surface area contributed by atoms with Crippen LogP contribution in [-0.4, -0.2) is 87.1 Å². The van der Waals surface area contributed by atoms with Crippen molar-refractivity contribution >= 4 is 35.2 Å². The van der Waals surface area contributed by atoms with Crippen LogP contribution in [0, 0.1) is 11.8 Å². The molecule has 230 valence electrons. The average Bonchev–Trinajstić information content (AvgIpc) is 3.59. The van der Waals surface area contributed by atoms with Gasteiger partial charge in [-0.05, 0) is 84.1 Å². The second kappa shape index (κ2) is 13.2. The molecule has 0 aliphatic carbocycles. The first-order valence-corrected chi connectivity index (χ1v) is 16.1. The van der Waals surface area contributed by atoms with Gasteiger partial charge in [0.1, 0.15) is 11.8 Å². The number of nitrogens with zero attached hydrogens (tertiary/aromatic N) is 3. The molecule has 0 aromatic heterocycles. The monoisotopic (exact) mass is 597 g/mol. The molecule has 8 nitrogen and oxygen atoms in total. The predicted molar refractivity (Wildman–Crippen MR) is 169 cm³/mol. The Labute approximate surface area is 255 Å². The van der Waals surface area contributed by atoms with E-state index in [2.05, 4.69) is 13.2 Å². The van der Waals surface area contributed by atoms with Crippen LogP contribution in [0.4, 0.5) is 5.69 Å². The first kappa shape index (κ1) is 32.1. The van der Waals surface area contributed by atoms with Gasteiger partial charge in [-0.15, -0.1) is 24.9 Å². The number of fused-ring (bicyclic) bond motifs is 1. The lowest BCUT2D eigenvalue weighted by molar-refractivity contribution is -0.145. The number of hydrogen-bond acceptors (Lipinski definition) is 6. The van der Waals surface area contributed by atoms with Crippen molar-refractivity contribution in [2.75, 3.05) is 37.7 Å². The highest BCUT2D eigenvalue weighted by atomic mass is 32.2. The van der Waals surface area contributed by atoms with Gasteiger partial charge in [-0.25, -0.2) is 0 Å². The highest BCUT2D eigenvalue weighted by Crippen LogP contribution is 2.67. The van der Waals surface area contributed by atoms with Gasteiger partial charge in [0, 0.05) is 42.7 Å². The number of ether oxygens (including phenoxy) is 1. The van der Waals surface area contributed by atoms with Gasteiger partial charge in [0.15, 0.2) is 0 Å². The number of hydrogen-bond donors (Lipinski definition) is 1. The molecule has 2 unspecified atom stereocenters. The Hall–Kier alpha value is -2.78. The molecular weight excluding hydrogens is 550 g/mol. The third-order valence-electron chi connectivity index (χ3n) is 8.80. The van der Waals surface area contributed by atoms with E-state index >= 15 is 0 Å². The average molecular weight is 598 g/mol. The summed E-state index contributed by atoms with van der Waals surface area (Å²) in [6, 6.07) is 6.80. The summed E-state index contributed by atoms with van der Waals surface area (Å²) in [5.74, 6) is -0.624. The fourth-order valence-corrected chi connectivity index (χ4v) is 9.22. The summed E-state index contributed by atoms with van der Waals surface area (Å²) in [4.78, 5) is 48.6. The van der Waals surface area contributed by atoms with Gasteiger partial charge in [0.25, 0.3) is 0 Å². The Morgan fingerprint density at radius 2 is 1.81 bits per heavy atom. The molecule has 1 N–H and O–H groups in total. The van der Waals surface area contributed by atoms with Gasteiger partial charge in [-0.1, -0.05) is 12.2 Å². The summed E-state index contributed by atoms with van der Waals surface area (Å²) in [6.07, 6.45) is 7.05. The van der Waals surface area contributed by atoms with Crippen molar-refractivity contribution in [3.8, 4) is 5.75 Å². The van der Waals surface area contributed by atoms with Crippen LogP contribution in [0.1, 0.15) is 59.8 Å². The number of carbonyl (C=O) groups is 3. The molecule has 3 heterocycles. The highest BCUT2D eigenvalue weighted by molar-refractivity contribution is 8.02. The summed E-state index contributed by atoms with van der Waals surface area (Å²) in [7, 11) is 0. The Bertz CT molecular complexity index is 1170. The van der Waals surface area contributed by atoms with Crippen LogP contribution in [0.25, 0.3) is 0 Å². The minimum Gasteiger partial charge on any atom is -0.494 e. The number of unbranched alkanes of at least 4 members (excludes halogenated alkanes) is 2. The lowest BCUT2D eigenvalue weighted by atomic mass is 9.70. The number of carbonyl (C=O) groups excluding carboxylic acids is 3. The normalized spacial score (nSPS) is 26.2. The van der Waals surface area contributed by atoms with Crippen LogP contribution in [0.15, 0.2) is 49.6 Å². The van der Waals surface area contributed by atoms with E-state index in [-0.39, 0.29) is 29.6 Å². The smallest absolute Gasteiger partial charge is 0.247 e. The molecule has 1 spiro atoms. The van der Waals surface area contributed by atoms with Crippen LogP contribution in [0.5, 0.6) is 5.75 Å². The largest absolute Gasteiger partial charge is 0.494 e. The number of amides is 3. The lowest BCUT2D eigenvalue weighted by Crippen LogP contribution is -2.58. The quantitative estimate of drug-likeness (QED) is 0.248. The summed E-state index contributed by atoms with van der Waals surface area (Å²) in [5.41, 5.74) is 0.269. The Morgan fingerprint density at radius 3 is 2.40 bits per heavy atom. The maximum atomic E-state index is 14.5. The van der Waals surface area contributed by atoms with E-state index in [1.54, 1.807) is 33.7 Å². The lowest BCUT2D eigenvalue weighted by Gasteiger charge is -2.42. The predicted octanol–water partition coefficient (Wildman–Crippen LogP) is 4.67. The molecule has 3 fully saturated rings. The van der Waals surface area contributed by atoms with Crippen molar-refractivity contribution in [3.63, 3.8) is 0 Å². The van der Waals surface area contributed by atoms with Gasteiger partial charge in [-0.2, -0.15) is 0 Å². The number of thioether (sulfide) groups is 1. The van der Waals surface area contributed by atoms with Crippen molar-refractivity contribution in [3.05, 3.63) is 49.6 Å². The summed E-state index contributed by atoms with van der Waals surface area (Å²) >= 11 is 1.69. The molecule has 42 heavy (non-hydrogen) atoms. The summed E-state index contributed by atoms with van der Waals surface area (Å²) < 4.78 is 4.94. The molecule has 4 rings (SSSR count). The van der Waals surface area contributed by atoms with Crippen LogP contribution >= 0.6 is 11.8 Å². The standard InChI is InChI=1S/C33H47N3O5S/c1-7-19-34(23-13-15-24(16-14-23)41-9-3)29(38)26-25-17-18-33(42-25)27(26)30(39)35(21-11-10-12-22-37)28(33)31(40)36(20-8-2)32(4,5)6/h7-8,13-16,25-28,37H,1-2,9-12,17-22H2,3-6H3/t25-,26+,27-,28?,33?/m0/s1. The van der Waals surface area contributed by atoms with Crippen molar-refractivity contribution in [1.29, 1.82) is 0 Å². The SMILES string of the molecule is C=CCN(C(=O)[C@@H]1[C@@H]2CCC3(S2)C(C(=O)N(CC=C)C(C)(C)C)N(CCCCCO)C(=O)[C@H]13)c1ccc(OCC)cc1. The number of aliphatic hydroxyl groups is 1. The molecular formula is C33H47N3O5S. The van der Waals surface area contributed by atoms with Crippen LogP contribution in [0.2, 0.25) is 0 Å². The third kappa shape index (κ3) is 5.87. The molecule has 1 aromatic carbocycles. The topological polar surface area (TPSA) is 90.4 Å². The van der Waals surface area contributed by atoms with Gasteiger partial charge in [-0.3, -0.25) is 14.4 Å². The molecule has 3 saturated heterocycles. The maximum absolute atomic E-state index is 14.5. The van der Waals surface area contributed by atoms with E-state index < -0.39 is 28.2 Å². The minimum absolute atomic E-state index is 0.0317. The molecule has 5 atom stereocenters. The molecule has 3 amide bonds. The molecule has 3 aliphatic rings. The second-order valence-corrected chi connectivity index (χ2v) is 14.0. The third-order valence-corrected chi connectivity index (χ3v) is 10.8. The number of benzene rings is 1. The molecule has 0 radical (unpaired) electrons. The van der Waals surface area contributed by atoms with Crippen molar-refractivity contribution in [2.45, 2.75) is 81.4 Å². The van der Waals surface area contributed by atoms with Crippen molar-refractivity contribution < 1.29 is 24.2 Å². The minimum atomic E-state index is -0.653. The number of aliphatic hydroxyl groups excluding tert-OH is 1. The van der Waals surface area contributed by atoms with E-state index in [4.69, 9.17) is 4.74 Å². The van der Waals surface area contributed by atoms with Gasteiger partial charge < -0.3 is 24.5 Å². The van der Waals surface area contributed by atoms with E-state index in [0.717, 1.165) is 30.7 Å². The van der Waals surface area contributed by atoms with Crippen LogP contribution in [-0.2, 0) is 14.4 Å². The molecule has 9 heteroatoms. The summed E-state index contributed by atoms with van der Waals surface area (Å²) in [5, 5.41) is 9.27. The zero-order valence-corrected chi connectivity index (χ0v) is 26.4. The maximum Gasteiger partial charge on any atom is 0.247 e. The molecule has 2 bridgehead atoms. The fraction of sp³-hybridized carbons (Fsp3) is 0.606. The second-order valence-electron chi connectivity index (χ2n) is 12.4. The van der Waals surface area contributed by atoms with E-state index in [1.165, 1.54) is 0 Å². The zero-order valence-electron chi connectivity index (χ0n) is 25.6. The van der Waals surface area contributed by atoms with Crippen molar-refractivity contribution in [2.24, 2.45) is 11.8 Å². The van der Waals surface area contributed by atoms with Gasteiger partial charge in [0.2, 0.25) is 17.7 Å². The number of anilines is 1. The fourth-order valence-electron chi connectivity index (χ4n) is 7.02. The number of rotatable bonds is 14. The molecule has 0 saturated carbocycles. The first-order valence-electron chi connectivity index (χ1n) is 15.2. The molecule has 1 aromatic rings. The van der Waals surface area contributed by atoms with Crippen molar-refractivity contribution in [1.82, 2.24) is 9.80 Å². The Morgan fingerprint density at radius 1 is 1.12 bits per heavy atom. The van der Waals surface area contributed by atoms with E-state index in [0.29, 0.717) is 39.1 Å². The van der Waals surface area contributed by atoms with Crippen LogP contribution < -0.4 is 9.64 Å². The van der Waals surface area contributed by atoms with E-state index in [9.17, 15) is 19.5 Å². The first-order chi connectivity index (χ1) is 20.0. The zero-order chi connectivity index (χ0) is 30.7. The Balaban J connectivity index is 1.71. The molecule has 3 aliphatic heterocycles. The Kier molecular flexibility index (Phi) is 10.1. The van der Waals surface area contributed by atoms with Gasteiger partial charge in [0.05, 0.1) is 23.2 Å². The highest BCUT2D eigenvalue weighted by Gasteiger charge is 2.74. The van der Waals surface area contributed by atoms with Gasteiger partial charge >= 0.3 is 0 Å². The number of likely N-dealkylation sites (tertiary alicyclic amines) is 1.